The van der Waals surface area contributed by atoms with Crippen molar-refractivity contribution in [1.82, 2.24) is 10.2 Å². The van der Waals surface area contributed by atoms with Gasteiger partial charge in [-0.15, -0.1) is 0 Å². The Labute approximate surface area is 122 Å². The first-order chi connectivity index (χ1) is 9.49. The van der Waals surface area contributed by atoms with Crippen molar-refractivity contribution in [3.63, 3.8) is 0 Å². The maximum absolute atomic E-state index is 5.84. The monoisotopic (exact) mass is 274 g/mol. The molecule has 4 nitrogen and oxygen atoms in total. The molecule has 1 aromatic carbocycles. The summed E-state index contributed by atoms with van der Waals surface area (Å²) in [6.07, 6.45) is 0.963. The van der Waals surface area contributed by atoms with Gasteiger partial charge in [-0.2, -0.15) is 0 Å². The third kappa shape index (κ3) is 6.38. The number of guanidine groups is 1. The molecule has 1 atom stereocenters. The molecule has 0 saturated carbocycles. The van der Waals surface area contributed by atoms with Crippen LogP contribution in [0, 0.1) is 0 Å². The van der Waals surface area contributed by atoms with Crippen LogP contribution in [0.5, 0.6) is 0 Å². The van der Waals surface area contributed by atoms with Gasteiger partial charge in [-0.1, -0.05) is 42.5 Å². The maximum atomic E-state index is 5.84. The van der Waals surface area contributed by atoms with E-state index >= 15 is 0 Å². The van der Waals surface area contributed by atoms with Crippen LogP contribution in [0.3, 0.4) is 0 Å². The van der Waals surface area contributed by atoms with E-state index in [1.54, 1.807) is 0 Å². The quantitative estimate of drug-likeness (QED) is 0.451. The predicted octanol–water partition coefficient (Wildman–Crippen LogP) is 1.64. The van der Waals surface area contributed by atoms with E-state index in [-0.39, 0.29) is 0 Å². The summed E-state index contributed by atoms with van der Waals surface area (Å²) in [4.78, 5) is 6.60. The summed E-state index contributed by atoms with van der Waals surface area (Å²) in [5, 5.41) is 3.05. The first-order valence-electron chi connectivity index (χ1n) is 6.87. The fourth-order valence-electron chi connectivity index (χ4n) is 1.80. The molecule has 0 aromatic heterocycles. The number of aliphatic imine (C=N–C) groups is 1. The minimum absolute atomic E-state index is 0.336. The van der Waals surface area contributed by atoms with Gasteiger partial charge in [-0.3, -0.25) is 4.99 Å². The molecule has 0 fully saturated rings. The lowest BCUT2D eigenvalue weighted by atomic mass is 10.1. The van der Waals surface area contributed by atoms with E-state index in [0.717, 1.165) is 12.0 Å². The minimum Gasteiger partial charge on any atom is -0.370 e. The Balaban J connectivity index is 2.55. The van der Waals surface area contributed by atoms with Crippen molar-refractivity contribution < 1.29 is 0 Å². The molecule has 0 aliphatic heterocycles. The molecule has 0 aliphatic carbocycles. The Kier molecular flexibility index (Phi) is 6.81. The molecular weight excluding hydrogens is 248 g/mol. The van der Waals surface area contributed by atoms with E-state index in [2.05, 4.69) is 60.1 Å². The van der Waals surface area contributed by atoms with Gasteiger partial charge in [0.2, 0.25) is 0 Å². The molecule has 0 radical (unpaired) electrons. The van der Waals surface area contributed by atoms with Crippen molar-refractivity contribution in [2.45, 2.75) is 19.4 Å². The molecule has 110 valence electrons. The normalized spacial score (nSPS) is 13.3. The van der Waals surface area contributed by atoms with Gasteiger partial charge in [0, 0.05) is 12.6 Å². The zero-order chi connectivity index (χ0) is 15.0. The van der Waals surface area contributed by atoms with Crippen molar-refractivity contribution in [2.75, 3.05) is 27.2 Å². The van der Waals surface area contributed by atoms with Gasteiger partial charge in [-0.25, -0.2) is 0 Å². The lowest BCUT2D eigenvalue weighted by Gasteiger charge is -2.23. The highest BCUT2D eigenvalue weighted by molar-refractivity contribution is 5.78. The first-order valence-corrected chi connectivity index (χ1v) is 6.87. The molecule has 20 heavy (non-hydrogen) atoms. The highest BCUT2D eigenvalue weighted by Gasteiger charge is 2.11. The lowest BCUT2D eigenvalue weighted by molar-refractivity contribution is 0.298. The summed E-state index contributed by atoms with van der Waals surface area (Å²) in [6.45, 7) is 7.13. The summed E-state index contributed by atoms with van der Waals surface area (Å²) >= 11 is 0. The Morgan fingerprint density at radius 2 is 2.00 bits per heavy atom. The van der Waals surface area contributed by atoms with Crippen LogP contribution < -0.4 is 11.1 Å². The third-order valence-corrected chi connectivity index (χ3v) is 3.09. The second kappa shape index (κ2) is 8.38. The Morgan fingerprint density at radius 1 is 1.35 bits per heavy atom. The van der Waals surface area contributed by atoms with E-state index in [0.29, 0.717) is 25.1 Å². The third-order valence-electron chi connectivity index (χ3n) is 3.09. The van der Waals surface area contributed by atoms with Gasteiger partial charge in [-0.05, 0) is 33.0 Å². The number of nitrogens with two attached hydrogens (primary N) is 1. The van der Waals surface area contributed by atoms with Crippen LogP contribution in [0.4, 0.5) is 0 Å². The smallest absolute Gasteiger partial charge is 0.188 e. The average Bonchev–Trinajstić information content (AvgIpc) is 2.42. The molecule has 1 unspecified atom stereocenters. The number of rotatable bonds is 7. The molecule has 3 N–H and O–H groups in total. The van der Waals surface area contributed by atoms with Crippen LogP contribution in [-0.4, -0.2) is 44.1 Å². The van der Waals surface area contributed by atoms with Crippen molar-refractivity contribution in [2.24, 2.45) is 10.7 Å². The molecule has 0 heterocycles. The molecule has 1 aromatic rings. The van der Waals surface area contributed by atoms with Crippen molar-refractivity contribution in [1.29, 1.82) is 0 Å². The fourth-order valence-corrected chi connectivity index (χ4v) is 1.80. The minimum atomic E-state index is 0.336. The molecule has 0 amide bonds. The zero-order valence-corrected chi connectivity index (χ0v) is 12.8. The molecule has 0 saturated heterocycles. The number of nitrogens with one attached hydrogen (secondary N) is 1. The average molecular weight is 274 g/mol. The molecule has 0 bridgehead atoms. The molecule has 4 heteroatoms. The number of hydrogen-bond donors (Lipinski definition) is 2. The first kappa shape index (κ1) is 16.2. The second-order valence-electron chi connectivity index (χ2n) is 5.34. The van der Waals surface area contributed by atoms with E-state index < -0.39 is 0 Å². The summed E-state index contributed by atoms with van der Waals surface area (Å²) in [5.74, 6) is 0.480. The van der Waals surface area contributed by atoms with Gasteiger partial charge in [0.1, 0.15) is 0 Å². The van der Waals surface area contributed by atoms with E-state index in [1.807, 2.05) is 13.0 Å². The summed E-state index contributed by atoms with van der Waals surface area (Å²) in [5.41, 5.74) is 8.20. The second-order valence-corrected chi connectivity index (χ2v) is 5.34. The van der Waals surface area contributed by atoms with Gasteiger partial charge in [0.25, 0.3) is 0 Å². The van der Waals surface area contributed by atoms with Crippen LogP contribution in [0.25, 0.3) is 0 Å². The van der Waals surface area contributed by atoms with Crippen LogP contribution in [0.1, 0.15) is 12.5 Å². The van der Waals surface area contributed by atoms with Crippen LogP contribution in [-0.2, 0) is 6.42 Å². The molecular formula is C16H26N4. The van der Waals surface area contributed by atoms with Crippen molar-refractivity contribution >= 4 is 5.96 Å². The number of benzene rings is 1. The largest absolute Gasteiger partial charge is 0.370 e. The highest BCUT2D eigenvalue weighted by atomic mass is 15.1. The van der Waals surface area contributed by atoms with Crippen molar-refractivity contribution in [3.05, 3.63) is 48.0 Å². The van der Waals surface area contributed by atoms with Gasteiger partial charge < -0.3 is 16.0 Å². The number of likely N-dealkylation sites (N-methyl/N-ethyl adjacent to an activating group) is 1. The predicted molar refractivity (Wildman–Crippen MR) is 86.9 cm³/mol. The molecule has 1 rings (SSSR count). The highest BCUT2D eigenvalue weighted by Crippen LogP contribution is 2.07. The summed E-state index contributed by atoms with van der Waals surface area (Å²) in [7, 11) is 4.14. The molecule has 0 aliphatic rings. The van der Waals surface area contributed by atoms with E-state index in [1.165, 1.54) is 5.56 Å². The summed E-state index contributed by atoms with van der Waals surface area (Å²) < 4.78 is 0. The van der Waals surface area contributed by atoms with Crippen LogP contribution in [0.15, 0.2) is 47.5 Å². The van der Waals surface area contributed by atoms with Gasteiger partial charge >= 0.3 is 0 Å². The fraction of sp³-hybridized carbons (Fsp3) is 0.438. The Bertz CT molecular complexity index is 437. The number of nitrogens with zero attached hydrogens (tertiary/aromatic N) is 2. The van der Waals surface area contributed by atoms with Gasteiger partial charge in [0.15, 0.2) is 5.96 Å². The Morgan fingerprint density at radius 3 is 2.55 bits per heavy atom. The molecule has 0 spiro atoms. The Hall–Kier alpha value is -1.81. The maximum Gasteiger partial charge on any atom is 0.188 e. The van der Waals surface area contributed by atoms with E-state index in [4.69, 9.17) is 5.73 Å². The van der Waals surface area contributed by atoms with Gasteiger partial charge in [0.05, 0.1) is 6.54 Å². The standard InChI is InChI=1S/C16H26N4/c1-13(2)11-18-16(17)19-12-15(20(3)4)10-14-8-6-5-7-9-14/h5-9,15H,1,10-12H2,2-4H3,(H3,17,18,19). The topological polar surface area (TPSA) is 53.6 Å². The summed E-state index contributed by atoms with van der Waals surface area (Å²) in [6, 6.07) is 10.8. The zero-order valence-electron chi connectivity index (χ0n) is 12.8. The number of hydrogen-bond acceptors (Lipinski definition) is 2. The van der Waals surface area contributed by atoms with Crippen LogP contribution >= 0.6 is 0 Å². The lowest BCUT2D eigenvalue weighted by Crippen LogP contribution is -2.37. The van der Waals surface area contributed by atoms with E-state index in [9.17, 15) is 0 Å². The van der Waals surface area contributed by atoms with Crippen molar-refractivity contribution in [3.8, 4) is 0 Å². The van der Waals surface area contributed by atoms with Crippen LogP contribution in [0.2, 0.25) is 0 Å². The SMILES string of the molecule is C=C(C)CNC(N)=NCC(Cc1ccccc1)N(C)C.